The Labute approximate surface area is 151 Å². The molecule has 4 aromatic rings. The molecular formula is C21H15NO3S. The van der Waals surface area contributed by atoms with Crippen LogP contribution < -0.4 is 0 Å². The second-order valence-electron chi connectivity index (χ2n) is 6.43. The molecule has 0 saturated carbocycles. The summed E-state index contributed by atoms with van der Waals surface area (Å²) < 4.78 is 28.0. The Kier molecular flexibility index (Phi) is 2.99. The first-order valence-electron chi connectivity index (χ1n) is 8.28. The van der Waals surface area contributed by atoms with Gasteiger partial charge in [-0.25, -0.2) is 12.4 Å². The molecule has 1 N–H and O–H groups in total. The minimum absolute atomic E-state index is 0.125. The first kappa shape index (κ1) is 15.4. The predicted octanol–water partition coefficient (Wildman–Crippen LogP) is 3.48. The largest absolute Gasteiger partial charge is 0.374 e. The van der Waals surface area contributed by atoms with E-state index in [1.54, 1.807) is 42.5 Å². The van der Waals surface area contributed by atoms with Crippen molar-refractivity contribution < 1.29 is 13.5 Å². The van der Waals surface area contributed by atoms with E-state index in [-0.39, 0.29) is 4.90 Å². The van der Waals surface area contributed by atoms with Gasteiger partial charge in [-0.1, -0.05) is 66.7 Å². The van der Waals surface area contributed by atoms with Crippen molar-refractivity contribution >= 4 is 20.9 Å². The Hall–Kier alpha value is -2.89. The van der Waals surface area contributed by atoms with Gasteiger partial charge in [0.2, 0.25) is 0 Å². The summed E-state index contributed by atoms with van der Waals surface area (Å²) in [4.78, 5) is 0.125. The molecule has 128 valence electrons. The Morgan fingerprint density at radius 2 is 1.46 bits per heavy atom. The zero-order valence-corrected chi connectivity index (χ0v) is 14.5. The topological polar surface area (TPSA) is 59.3 Å². The SMILES string of the molecule is O=S1(=O)c2ccccc2[C@](O)(c2ccccc2)c2cc3ccccc3n21. The van der Waals surface area contributed by atoms with Crippen LogP contribution in [0.5, 0.6) is 0 Å². The molecule has 2 heterocycles. The summed E-state index contributed by atoms with van der Waals surface area (Å²) in [5.74, 6) is 0. The van der Waals surface area contributed by atoms with Crippen LogP contribution in [0, 0.1) is 0 Å². The van der Waals surface area contributed by atoms with Crippen LogP contribution in [0.25, 0.3) is 10.9 Å². The molecule has 0 unspecified atom stereocenters. The molecule has 1 aliphatic heterocycles. The van der Waals surface area contributed by atoms with Gasteiger partial charge in [0.15, 0.2) is 5.60 Å². The molecule has 4 nitrogen and oxygen atoms in total. The van der Waals surface area contributed by atoms with Crippen molar-refractivity contribution in [1.82, 2.24) is 3.97 Å². The van der Waals surface area contributed by atoms with Gasteiger partial charge < -0.3 is 5.11 Å². The van der Waals surface area contributed by atoms with Gasteiger partial charge in [-0.3, -0.25) is 0 Å². The van der Waals surface area contributed by atoms with E-state index in [2.05, 4.69) is 0 Å². The fraction of sp³-hybridized carbons (Fsp3) is 0.0476. The predicted molar refractivity (Wildman–Crippen MR) is 99.5 cm³/mol. The number of hydrogen-bond acceptors (Lipinski definition) is 3. The van der Waals surface area contributed by atoms with Crippen molar-refractivity contribution in [2.75, 3.05) is 0 Å². The minimum atomic E-state index is -3.81. The average Bonchev–Trinajstić information content (AvgIpc) is 3.08. The molecule has 0 fully saturated rings. The van der Waals surface area contributed by atoms with Crippen molar-refractivity contribution in [3.8, 4) is 0 Å². The lowest BCUT2D eigenvalue weighted by Gasteiger charge is -2.36. The molecule has 1 atom stereocenters. The molecule has 0 bridgehead atoms. The van der Waals surface area contributed by atoms with E-state index in [1.807, 2.05) is 42.5 Å². The highest BCUT2D eigenvalue weighted by atomic mass is 32.2. The molecular weight excluding hydrogens is 346 g/mol. The molecule has 1 aromatic heterocycles. The summed E-state index contributed by atoms with van der Waals surface area (Å²) in [5, 5.41) is 12.7. The molecule has 1 aliphatic rings. The van der Waals surface area contributed by atoms with Gasteiger partial charge in [0.05, 0.1) is 16.1 Å². The van der Waals surface area contributed by atoms with Crippen molar-refractivity contribution in [2.24, 2.45) is 0 Å². The van der Waals surface area contributed by atoms with Crippen molar-refractivity contribution in [3.05, 3.63) is 102 Å². The number of para-hydroxylation sites is 1. The molecule has 0 amide bonds. The van der Waals surface area contributed by atoms with Crippen LogP contribution in [0.3, 0.4) is 0 Å². The number of fused-ring (bicyclic) bond motifs is 4. The van der Waals surface area contributed by atoms with E-state index < -0.39 is 15.6 Å². The summed E-state index contributed by atoms with van der Waals surface area (Å²) in [6, 6.07) is 24.9. The van der Waals surface area contributed by atoms with Crippen molar-refractivity contribution in [3.63, 3.8) is 0 Å². The second-order valence-corrected chi connectivity index (χ2v) is 8.19. The van der Waals surface area contributed by atoms with E-state index in [4.69, 9.17) is 0 Å². The zero-order chi connectivity index (χ0) is 17.9. The van der Waals surface area contributed by atoms with Gasteiger partial charge in [-0.15, -0.1) is 0 Å². The molecule has 3 aromatic carbocycles. The lowest BCUT2D eigenvalue weighted by Crippen LogP contribution is -2.39. The second kappa shape index (κ2) is 5.06. The molecule has 0 spiro atoms. The fourth-order valence-electron chi connectivity index (χ4n) is 3.85. The third-order valence-electron chi connectivity index (χ3n) is 5.02. The Morgan fingerprint density at radius 1 is 0.808 bits per heavy atom. The number of rotatable bonds is 1. The Bertz CT molecular complexity index is 1260. The van der Waals surface area contributed by atoms with Gasteiger partial charge in [-0.05, 0) is 23.8 Å². The third kappa shape index (κ3) is 1.79. The molecule has 0 saturated heterocycles. The quantitative estimate of drug-likeness (QED) is 0.565. The highest BCUT2D eigenvalue weighted by Crippen LogP contribution is 2.46. The summed E-state index contributed by atoms with van der Waals surface area (Å²) in [5.41, 5.74) is 0.352. The number of hydrogen-bond donors (Lipinski definition) is 1. The number of aromatic nitrogens is 1. The van der Waals surface area contributed by atoms with E-state index >= 15 is 0 Å². The summed E-state index contributed by atoms with van der Waals surface area (Å²) >= 11 is 0. The highest BCUT2D eigenvalue weighted by Gasteiger charge is 2.47. The molecule has 26 heavy (non-hydrogen) atoms. The molecule has 0 aliphatic carbocycles. The summed E-state index contributed by atoms with van der Waals surface area (Å²) in [7, 11) is -3.81. The molecule has 0 radical (unpaired) electrons. The first-order chi connectivity index (χ1) is 12.5. The summed E-state index contributed by atoms with van der Waals surface area (Å²) in [6.07, 6.45) is 0. The van der Waals surface area contributed by atoms with E-state index in [0.29, 0.717) is 22.3 Å². The van der Waals surface area contributed by atoms with Crippen LogP contribution >= 0.6 is 0 Å². The van der Waals surface area contributed by atoms with Crippen molar-refractivity contribution in [1.29, 1.82) is 0 Å². The van der Waals surface area contributed by atoms with Gasteiger partial charge in [-0.2, -0.15) is 0 Å². The Balaban J connectivity index is 2.01. The standard InChI is InChI=1S/C21H15NO3S/c23-21(16-9-2-1-3-10-16)17-11-5-7-13-19(17)26(24,25)22-18-12-6-4-8-15(18)14-20(21)22/h1-14,23H/t21-/m1/s1. The maximum absolute atomic E-state index is 13.3. The number of benzene rings is 3. The van der Waals surface area contributed by atoms with Gasteiger partial charge >= 0.3 is 0 Å². The van der Waals surface area contributed by atoms with Gasteiger partial charge in [0.1, 0.15) is 0 Å². The smallest absolute Gasteiger partial charge is 0.268 e. The van der Waals surface area contributed by atoms with Gasteiger partial charge in [0.25, 0.3) is 10.0 Å². The fourth-order valence-corrected chi connectivity index (χ4v) is 5.66. The zero-order valence-electron chi connectivity index (χ0n) is 13.7. The monoisotopic (exact) mass is 361 g/mol. The van der Waals surface area contributed by atoms with Crippen LogP contribution in [0.15, 0.2) is 89.8 Å². The minimum Gasteiger partial charge on any atom is -0.374 e. The van der Waals surface area contributed by atoms with Crippen LogP contribution in [0.4, 0.5) is 0 Å². The number of aliphatic hydroxyl groups is 1. The van der Waals surface area contributed by atoms with Gasteiger partial charge in [0, 0.05) is 10.9 Å². The van der Waals surface area contributed by atoms with Crippen LogP contribution in [-0.2, 0) is 15.6 Å². The normalized spacial score (nSPS) is 20.5. The maximum atomic E-state index is 13.3. The van der Waals surface area contributed by atoms with Crippen LogP contribution in [0.2, 0.25) is 0 Å². The van der Waals surface area contributed by atoms with E-state index in [0.717, 1.165) is 5.39 Å². The van der Waals surface area contributed by atoms with Crippen LogP contribution in [0.1, 0.15) is 16.8 Å². The summed E-state index contributed by atoms with van der Waals surface area (Å²) in [6.45, 7) is 0. The highest BCUT2D eigenvalue weighted by molar-refractivity contribution is 7.90. The number of nitrogens with zero attached hydrogens (tertiary/aromatic N) is 1. The van der Waals surface area contributed by atoms with E-state index in [1.165, 1.54) is 3.97 Å². The average molecular weight is 361 g/mol. The molecule has 5 rings (SSSR count). The lowest BCUT2D eigenvalue weighted by atomic mass is 9.83. The third-order valence-corrected chi connectivity index (χ3v) is 6.81. The van der Waals surface area contributed by atoms with E-state index in [9.17, 15) is 13.5 Å². The molecule has 5 heteroatoms. The van der Waals surface area contributed by atoms with Crippen LogP contribution in [-0.4, -0.2) is 17.5 Å². The van der Waals surface area contributed by atoms with Crippen molar-refractivity contribution in [2.45, 2.75) is 10.5 Å². The Morgan fingerprint density at radius 3 is 2.27 bits per heavy atom. The first-order valence-corrected chi connectivity index (χ1v) is 9.72. The lowest BCUT2D eigenvalue weighted by molar-refractivity contribution is 0.115. The maximum Gasteiger partial charge on any atom is 0.268 e.